The van der Waals surface area contributed by atoms with Crippen LogP contribution in [-0.2, 0) is 11.3 Å². The van der Waals surface area contributed by atoms with E-state index in [-0.39, 0.29) is 18.4 Å². The molecule has 0 saturated carbocycles. The molecule has 0 spiro atoms. The smallest absolute Gasteiger partial charge is 0.246 e. The van der Waals surface area contributed by atoms with E-state index in [0.29, 0.717) is 11.7 Å². The van der Waals surface area contributed by atoms with Gasteiger partial charge >= 0.3 is 0 Å². The molecule has 1 atom stereocenters. The highest BCUT2D eigenvalue weighted by Crippen LogP contribution is 2.09. The number of carbonyl (C=O) groups excluding carboxylic acids is 1. The third kappa shape index (κ3) is 3.32. The van der Waals surface area contributed by atoms with Crippen molar-refractivity contribution in [3.05, 3.63) is 11.7 Å². The van der Waals surface area contributed by atoms with Crippen LogP contribution in [0.2, 0.25) is 0 Å². The third-order valence-corrected chi connectivity index (χ3v) is 1.83. The van der Waals surface area contributed by atoms with Gasteiger partial charge in [-0.25, -0.2) is 0 Å². The summed E-state index contributed by atoms with van der Waals surface area (Å²) < 4.78 is 4.94. The topological polar surface area (TPSA) is 94.0 Å². The second kappa shape index (κ2) is 4.88. The van der Waals surface area contributed by atoms with Crippen LogP contribution in [0.15, 0.2) is 4.52 Å². The van der Waals surface area contributed by atoms with E-state index in [1.165, 1.54) is 0 Å². The van der Waals surface area contributed by atoms with Crippen molar-refractivity contribution < 1.29 is 9.32 Å². The first-order valence-corrected chi connectivity index (χ1v) is 4.86. The molecule has 1 amide bonds. The molecule has 0 radical (unpaired) electrons. The Bertz CT molecular complexity index is 333. The fourth-order valence-corrected chi connectivity index (χ4v) is 0.898. The van der Waals surface area contributed by atoms with Crippen LogP contribution >= 0.6 is 0 Å². The molecule has 0 bridgehead atoms. The molecule has 3 N–H and O–H groups in total. The molecule has 84 valence electrons. The van der Waals surface area contributed by atoms with Gasteiger partial charge in [0.05, 0.1) is 12.6 Å². The minimum atomic E-state index is -0.530. The number of hydrogen-bond donors (Lipinski definition) is 2. The first kappa shape index (κ1) is 11.6. The zero-order valence-electron chi connectivity index (χ0n) is 9.15. The maximum Gasteiger partial charge on any atom is 0.246 e. The second-order valence-electron chi connectivity index (χ2n) is 3.71. The van der Waals surface area contributed by atoms with Crippen LogP contribution in [0.1, 0.15) is 38.4 Å². The summed E-state index contributed by atoms with van der Waals surface area (Å²) in [4.78, 5) is 15.2. The fraction of sp³-hybridized carbons (Fsp3) is 0.667. The van der Waals surface area contributed by atoms with Crippen LogP contribution in [0.5, 0.6) is 0 Å². The number of rotatable bonds is 4. The highest BCUT2D eigenvalue weighted by atomic mass is 16.5. The summed E-state index contributed by atoms with van der Waals surface area (Å²) in [7, 11) is 0. The lowest BCUT2D eigenvalue weighted by atomic mass is 10.2. The summed E-state index contributed by atoms with van der Waals surface area (Å²) in [6.45, 7) is 5.77. The van der Waals surface area contributed by atoms with Crippen molar-refractivity contribution >= 4 is 5.91 Å². The largest absolute Gasteiger partial charge is 0.346 e. The second-order valence-corrected chi connectivity index (χ2v) is 3.71. The van der Waals surface area contributed by atoms with Gasteiger partial charge < -0.3 is 15.6 Å². The highest BCUT2D eigenvalue weighted by Gasteiger charge is 2.11. The van der Waals surface area contributed by atoms with Crippen molar-refractivity contribution in [1.29, 1.82) is 0 Å². The average molecular weight is 212 g/mol. The van der Waals surface area contributed by atoms with E-state index in [9.17, 15) is 4.79 Å². The lowest BCUT2D eigenvalue weighted by Gasteiger charge is -2.03. The van der Waals surface area contributed by atoms with E-state index >= 15 is 0 Å². The Labute approximate surface area is 88.2 Å². The molecule has 0 aliphatic carbocycles. The molecule has 0 aliphatic rings. The van der Waals surface area contributed by atoms with Gasteiger partial charge in [-0.2, -0.15) is 4.98 Å². The van der Waals surface area contributed by atoms with E-state index in [1.807, 2.05) is 13.8 Å². The molecule has 0 aromatic carbocycles. The summed E-state index contributed by atoms with van der Waals surface area (Å²) in [6, 6.07) is -0.530. The molecule has 0 aliphatic heterocycles. The number of nitrogens with two attached hydrogens (primary N) is 1. The number of nitrogens with zero attached hydrogens (tertiary/aromatic N) is 2. The monoisotopic (exact) mass is 212 g/mol. The van der Waals surface area contributed by atoms with E-state index in [1.54, 1.807) is 6.92 Å². The van der Waals surface area contributed by atoms with Crippen molar-refractivity contribution in [2.75, 3.05) is 0 Å². The third-order valence-electron chi connectivity index (χ3n) is 1.83. The molecule has 1 aromatic heterocycles. The molecular weight excluding hydrogens is 196 g/mol. The van der Waals surface area contributed by atoms with E-state index in [0.717, 1.165) is 0 Å². The maximum absolute atomic E-state index is 11.1. The molecule has 0 fully saturated rings. The number of carbonyl (C=O) groups is 1. The van der Waals surface area contributed by atoms with Gasteiger partial charge in [0.15, 0.2) is 5.82 Å². The van der Waals surface area contributed by atoms with Gasteiger partial charge in [0.2, 0.25) is 11.8 Å². The molecular formula is C9H16N4O2. The summed E-state index contributed by atoms with van der Waals surface area (Å²) in [5, 5.41) is 6.36. The fourth-order valence-electron chi connectivity index (χ4n) is 0.898. The lowest BCUT2D eigenvalue weighted by Crippen LogP contribution is -2.37. The molecule has 6 nitrogen and oxygen atoms in total. The number of amides is 1. The summed E-state index contributed by atoms with van der Waals surface area (Å²) in [5.41, 5.74) is 5.37. The first-order valence-electron chi connectivity index (χ1n) is 4.86. The Morgan fingerprint density at radius 3 is 2.67 bits per heavy atom. The molecule has 0 unspecified atom stereocenters. The Hall–Kier alpha value is -1.43. The number of nitrogens with one attached hydrogen (secondary N) is 1. The minimum Gasteiger partial charge on any atom is -0.346 e. The van der Waals surface area contributed by atoms with Gasteiger partial charge in [-0.05, 0) is 6.92 Å². The van der Waals surface area contributed by atoms with Gasteiger partial charge in [0.1, 0.15) is 0 Å². The van der Waals surface area contributed by atoms with Crippen molar-refractivity contribution in [3.63, 3.8) is 0 Å². The van der Waals surface area contributed by atoms with Crippen molar-refractivity contribution in [2.45, 2.75) is 39.3 Å². The van der Waals surface area contributed by atoms with Crippen LogP contribution in [-0.4, -0.2) is 22.1 Å². The normalized spacial score (nSPS) is 12.9. The maximum atomic E-state index is 11.1. The van der Waals surface area contributed by atoms with E-state index in [2.05, 4.69) is 15.5 Å². The molecule has 15 heavy (non-hydrogen) atoms. The Balaban J connectivity index is 2.48. The van der Waals surface area contributed by atoms with Crippen LogP contribution in [0.3, 0.4) is 0 Å². The highest BCUT2D eigenvalue weighted by molar-refractivity contribution is 5.80. The summed E-state index contributed by atoms with van der Waals surface area (Å²) in [5.74, 6) is 1.01. The van der Waals surface area contributed by atoms with Crippen molar-refractivity contribution in [2.24, 2.45) is 5.73 Å². The Kier molecular flexibility index (Phi) is 3.79. The molecule has 1 heterocycles. The van der Waals surface area contributed by atoms with Crippen LogP contribution in [0.25, 0.3) is 0 Å². The molecule has 6 heteroatoms. The van der Waals surface area contributed by atoms with E-state index in [4.69, 9.17) is 10.3 Å². The van der Waals surface area contributed by atoms with Gasteiger partial charge in [-0.3, -0.25) is 4.79 Å². The molecule has 0 saturated heterocycles. The summed E-state index contributed by atoms with van der Waals surface area (Å²) >= 11 is 0. The molecule has 1 aromatic rings. The molecule has 1 rings (SSSR count). The van der Waals surface area contributed by atoms with Crippen LogP contribution in [0, 0.1) is 0 Å². The predicted molar refractivity (Wildman–Crippen MR) is 53.9 cm³/mol. The first-order chi connectivity index (χ1) is 7.00. The zero-order valence-corrected chi connectivity index (χ0v) is 9.15. The van der Waals surface area contributed by atoms with Crippen molar-refractivity contribution in [1.82, 2.24) is 15.5 Å². The Morgan fingerprint density at radius 2 is 2.20 bits per heavy atom. The summed E-state index contributed by atoms with van der Waals surface area (Å²) in [6.07, 6.45) is 0. The van der Waals surface area contributed by atoms with Crippen LogP contribution in [0.4, 0.5) is 0 Å². The lowest BCUT2D eigenvalue weighted by molar-refractivity contribution is -0.122. The van der Waals surface area contributed by atoms with Gasteiger partial charge in [-0.15, -0.1) is 0 Å². The van der Waals surface area contributed by atoms with Gasteiger partial charge in [0.25, 0.3) is 0 Å². The zero-order chi connectivity index (χ0) is 11.4. The van der Waals surface area contributed by atoms with Gasteiger partial charge in [-0.1, -0.05) is 19.0 Å². The Morgan fingerprint density at radius 1 is 1.53 bits per heavy atom. The van der Waals surface area contributed by atoms with Gasteiger partial charge in [0, 0.05) is 5.92 Å². The van der Waals surface area contributed by atoms with E-state index < -0.39 is 6.04 Å². The standard InChI is InChI=1S/C9H16N4O2/c1-5(2)8-12-7(15-13-8)4-11-9(14)6(3)10/h5-6H,4,10H2,1-3H3,(H,11,14)/t6-/m0/s1. The number of aromatic nitrogens is 2. The van der Waals surface area contributed by atoms with Crippen LogP contribution < -0.4 is 11.1 Å². The SMILES string of the molecule is CC(C)c1noc(CNC(=O)[C@H](C)N)n1. The average Bonchev–Trinajstić information content (AvgIpc) is 2.62. The minimum absolute atomic E-state index is 0.214. The quantitative estimate of drug-likeness (QED) is 0.741. The van der Waals surface area contributed by atoms with Crippen molar-refractivity contribution in [3.8, 4) is 0 Å². The predicted octanol–water partition coefficient (Wildman–Crippen LogP) is 0.156. The number of hydrogen-bond acceptors (Lipinski definition) is 5.